The zero-order valence-electron chi connectivity index (χ0n) is 13.2. The lowest BCUT2D eigenvalue weighted by Gasteiger charge is -2.47. The topological polar surface area (TPSA) is 75.4 Å². The van der Waals surface area contributed by atoms with Crippen molar-refractivity contribution < 1.29 is 8.42 Å². The highest BCUT2D eigenvalue weighted by Gasteiger charge is 2.40. The lowest BCUT2D eigenvalue weighted by molar-refractivity contribution is 0.0657. The molecule has 1 aromatic carbocycles. The maximum Gasteiger partial charge on any atom is 0.240 e. The number of anilines is 1. The van der Waals surface area contributed by atoms with Crippen LogP contribution in [0.25, 0.3) is 0 Å². The first-order chi connectivity index (χ1) is 9.68. The summed E-state index contributed by atoms with van der Waals surface area (Å²) in [5.74, 6) is 0. The Bertz CT molecular complexity index is 635. The van der Waals surface area contributed by atoms with Crippen LogP contribution >= 0.6 is 0 Å². The second kappa shape index (κ2) is 5.59. The Balaban J connectivity index is 2.24. The van der Waals surface area contributed by atoms with E-state index in [1.54, 1.807) is 6.07 Å². The Morgan fingerprint density at radius 2 is 1.90 bits per heavy atom. The molecule has 5 nitrogen and oxygen atoms in total. The number of nitrogens with two attached hydrogens (primary N) is 1. The molecule has 1 aliphatic rings. The average Bonchev–Trinajstić information content (AvgIpc) is 2.31. The molecular weight excluding hydrogens is 286 g/mol. The number of likely N-dealkylation sites (N-methyl/N-ethyl adjacent to an activating group) is 1. The van der Waals surface area contributed by atoms with Gasteiger partial charge in [0.05, 0.1) is 4.90 Å². The molecule has 1 aliphatic carbocycles. The third kappa shape index (κ3) is 3.07. The number of nitrogen functional groups attached to an aromatic ring is 1. The molecule has 1 fully saturated rings. The molecule has 0 bridgehead atoms. The Morgan fingerprint density at radius 3 is 2.38 bits per heavy atom. The summed E-state index contributed by atoms with van der Waals surface area (Å²) in [5.41, 5.74) is 7.87. The van der Waals surface area contributed by atoms with Gasteiger partial charge in [-0.2, -0.15) is 0 Å². The maximum atomic E-state index is 12.6. The third-order valence-corrected chi connectivity index (χ3v) is 6.28. The van der Waals surface area contributed by atoms with Crippen molar-refractivity contribution >= 4 is 15.7 Å². The second-order valence-electron chi connectivity index (χ2n) is 6.26. The zero-order valence-corrected chi connectivity index (χ0v) is 14.0. The summed E-state index contributed by atoms with van der Waals surface area (Å²) in [5, 5.41) is 0. The van der Waals surface area contributed by atoms with E-state index in [2.05, 4.69) is 9.62 Å². The Labute approximate surface area is 127 Å². The van der Waals surface area contributed by atoms with Crippen LogP contribution in [-0.2, 0) is 10.0 Å². The van der Waals surface area contributed by atoms with Gasteiger partial charge in [-0.1, -0.05) is 0 Å². The van der Waals surface area contributed by atoms with Crippen LogP contribution in [0.2, 0.25) is 0 Å². The molecule has 0 unspecified atom stereocenters. The molecule has 6 heteroatoms. The van der Waals surface area contributed by atoms with Crippen molar-refractivity contribution in [3.63, 3.8) is 0 Å². The van der Waals surface area contributed by atoms with Crippen LogP contribution < -0.4 is 10.5 Å². The van der Waals surface area contributed by atoms with Crippen molar-refractivity contribution in [3.05, 3.63) is 23.3 Å². The Hall–Kier alpha value is -1.11. The zero-order chi connectivity index (χ0) is 15.8. The standard InChI is InChI=1S/C15H25N3O2S/c1-11-8-13(16)9-14(12(11)2)21(19,20)17-10-15(18(3)4)6-5-7-15/h8-9,17H,5-7,10,16H2,1-4H3. The van der Waals surface area contributed by atoms with Crippen LogP contribution in [0.1, 0.15) is 30.4 Å². The molecule has 0 spiro atoms. The predicted octanol–water partition coefficient (Wildman–Crippen LogP) is 1.65. The third-order valence-electron chi connectivity index (χ3n) is 4.76. The molecule has 1 saturated carbocycles. The molecule has 0 aliphatic heterocycles. The maximum absolute atomic E-state index is 12.6. The molecule has 21 heavy (non-hydrogen) atoms. The minimum atomic E-state index is -3.54. The number of hydrogen-bond acceptors (Lipinski definition) is 4. The van der Waals surface area contributed by atoms with Crippen LogP contribution in [0.15, 0.2) is 17.0 Å². The van der Waals surface area contributed by atoms with Gasteiger partial charge in [0.1, 0.15) is 0 Å². The van der Waals surface area contributed by atoms with Gasteiger partial charge in [-0.05, 0) is 70.5 Å². The highest BCUT2D eigenvalue weighted by molar-refractivity contribution is 7.89. The van der Waals surface area contributed by atoms with Crippen LogP contribution in [0.5, 0.6) is 0 Å². The van der Waals surface area contributed by atoms with E-state index in [4.69, 9.17) is 5.73 Å². The molecule has 0 radical (unpaired) electrons. The Kier molecular flexibility index (Phi) is 4.33. The van der Waals surface area contributed by atoms with Crippen molar-refractivity contribution in [3.8, 4) is 0 Å². The van der Waals surface area contributed by atoms with Gasteiger partial charge in [0, 0.05) is 17.8 Å². The largest absolute Gasteiger partial charge is 0.399 e. The molecule has 0 saturated heterocycles. The van der Waals surface area contributed by atoms with E-state index in [0.717, 1.165) is 30.4 Å². The SMILES string of the molecule is Cc1cc(N)cc(S(=O)(=O)NCC2(N(C)C)CCC2)c1C. The van der Waals surface area contributed by atoms with Crippen LogP contribution in [0.3, 0.4) is 0 Å². The first-order valence-electron chi connectivity index (χ1n) is 7.22. The van der Waals surface area contributed by atoms with Crippen molar-refractivity contribution in [1.29, 1.82) is 0 Å². The average molecular weight is 311 g/mol. The number of benzene rings is 1. The Morgan fingerprint density at radius 1 is 1.29 bits per heavy atom. The lowest BCUT2D eigenvalue weighted by atomic mass is 9.76. The minimum Gasteiger partial charge on any atom is -0.399 e. The summed E-state index contributed by atoms with van der Waals surface area (Å²) < 4.78 is 27.9. The van der Waals surface area contributed by atoms with Crippen molar-refractivity contribution in [2.24, 2.45) is 0 Å². The summed E-state index contributed by atoms with van der Waals surface area (Å²) in [6.45, 7) is 4.13. The summed E-state index contributed by atoms with van der Waals surface area (Å²) in [6, 6.07) is 3.33. The van der Waals surface area contributed by atoms with Crippen molar-refractivity contribution in [1.82, 2.24) is 9.62 Å². The lowest BCUT2D eigenvalue weighted by Crippen LogP contribution is -2.57. The van der Waals surface area contributed by atoms with Gasteiger partial charge in [0.15, 0.2) is 0 Å². The molecular formula is C15H25N3O2S. The van der Waals surface area contributed by atoms with Gasteiger partial charge in [-0.25, -0.2) is 13.1 Å². The number of hydrogen-bond donors (Lipinski definition) is 2. The van der Waals surface area contributed by atoms with Gasteiger partial charge < -0.3 is 10.6 Å². The van der Waals surface area contributed by atoms with Crippen LogP contribution in [0, 0.1) is 13.8 Å². The van der Waals surface area contributed by atoms with Gasteiger partial charge in [0.2, 0.25) is 10.0 Å². The van der Waals surface area contributed by atoms with Gasteiger partial charge in [0.25, 0.3) is 0 Å². The monoisotopic (exact) mass is 311 g/mol. The fraction of sp³-hybridized carbons (Fsp3) is 0.600. The van der Waals surface area contributed by atoms with E-state index >= 15 is 0 Å². The van der Waals surface area contributed by atoms with E-state index in [0.29, 0.717) is 12.2 Å². The summed E-state index contributed by atoms with van der Waals surface area (Å²) in [7, 11) is 0.471. The molecule has 0 atom stereocenters. The van der Waals surface area contributed by atoms with Crippen molar-refractivity contribution in [2.45, 2.75) is 43.5 Å². The molecule has 1 aromatic rings. The normalized spacial score (nSPS) is 17.8. The molecule has 2 rings (SSSR count). The molecule has 118 valence electrons. The van der Waals surface area contributed by atoms with Gasteiger partial charge in [-0.3, -0.25) is 0 Å². The summed E-state index contributed by atoms with van der Waals surface area (Å²) in [4.78, 5) is 2.41. The van der Waals surface area contributed by atoms with Gasteiger partial charge in [-0.15, -0.1) is 0 Å². The number of nitrogens with zero attached hydrogens (tertiary/aromatic N) is 1. The number of aryl methyl sites for hydroxylation is 1. The second-order valence-corrected chi connectivity index (χ2v) is 7.99. The van der Waals surface area contributed by atoms with Gasteiger partial charge >= 0.3 is 0 Å². The number of sulfonamides is 1. The number of nitrogens with one attached hydrogen (secondary N) is 1. The van der Waals surface area contributed by atoms with E-state index in [1.807, 2.05) is 27.9 Å². The van der Waals surface area contributed by atoms with E-state index in [9.17, 15) is 8.42 Å². The first kappa shape index (κ1) is 16.3. The molecule has 0 amide bonds. The highest BCUT2D eigenvalue weighted by atomic mass is 32.2. The quantitative estimate of drug-likeness (QED) is 0.811. The first-order valence-corrected chi connectivity index (χ1v) is 8.70. The van der Waals surface area contributed by atoms with Crippen LogP contribution in [-0.4, -0.2) is 39.5 Å². The summed E-state index contributed by atoms with van der Waals surface area (Å²) in [6.07, 6.45) is 3.20. The van der Waals surface area contributed by atoms with Crippen molar-refractivity contribution in [2.75, 3.05) is 26.4 Å². The highest BCUT2D eigenvalue weighted by Crippen LogP contribution is 2.36. The fourth-order valence-corrected chi connectivity index (χ4v) is 4.28. The summed E-state index contributed by atoms with van der Waals surface area (Å²) >= 11 is 0. The number of rotatable bonds is 5. The predicted molar refractivity (Wildman–Crippen MR) is 85.8 cm³/mol. The van der Waals surface area contributed by atoms with E-state index < -0.39 is 10.0 Å². The molecule has 0 aromatic heterocycles. The fourth-order valence-electron chi connectivity index (χ4n) is 2.81. The van der Waals surface area contributed by atoms with E-state index in [-0.39, 0.29) is 10.4 Å². The smallest absolute Gasteiger partial charge is 0.240 e. The molecule has 0 heterocycles. The minimum absolute atomic E-state index is 0.0453. The molecule has 3 N–H and O–H groups in total. The van der Waals surface area contributed by atoms with Crippen LogP contribution in [0.4, 0.5) is 5.69 Å². The van der Waals surface area contributed by atoms with E-state index in [1.165, 1.54) is 6.07 Å².